The smallest absolute Gasteiger partial charge is 0.129 e. The average Bonchev–Trinajstić information content (AvgIpc) is 2.73. The van der Waals surface area contributed by atoms with E-state index in [-0.39, 0.29) is 17.7 Å². The normalized spacial score (nSPS) is 15.8. The molecule has 0 saturated carbocycles. The molecule has 2 heterocycles. The highest BCUT2D eigenvalue weighted by Gasteiger charge is 2.19. The molecule has 0 saturated heterocycles. The minimum absolute atomic E-state index is 0.160. The predicted molar refractivity (Wildman–Crippen MR) is 129 cm³/mol. The van der Waals surface area contributed by atoms with Crippen molar-refractivity contribution in [1.82, 2.24) is 9.88 Å². The molecule has 1 aliphatic rings. The number of hydrogen-bond donors (Lipinski definition) is 2. The topological polar surface area (TPSA) is 72.6 Å². The number of methoxy groups -OCH3 is 1. The van der Waals surface area contributed by atoms with Crippen molar-refractivity contribution in [2.75, 3.05) is 38.6 Å². The van der Waals surface area contributed by atoms with Crippen LogP contribution in [0.3, 0.4) is 0 Å². The second-order valence-corrected chi connectivity index (χ2v) is 9.72. The van der Waals surface area contributed by atoms with Crippen LogP contribution in [-0.2, 0) is 22.3 Å². The van der Waals surface area contributed by atoms with Crippen LogP contribution >= 0.6 is 0 Å². The number of unbranched alkanes of at least 4 members (excludes halogenated alkanes) is 1. The van der Waals surface area contributed by atoms with Gasteiger partial charge < -0.3 is 25.4 Å². The van der Waals surface area contributed by atoms with Gasteiger partial charge in [0.15, 0.2) is 0 Å². The fourth-order valence-corrected chi connectivity index (χ4v) is 3.83. The number of nitrogens with zero attached hydrogens (tertiary/aromatic N) is 2. The second-order valence-electron chi connectivity index (χ2n) is 9.72. The van der Waals surface area contributed by atoms with Crippen LogP contribution in [0.1, 0.15) is 64.6 Å². The molecule has 1 unspecified atom stereocenters. The lowest BCUT2D eigenvalue weighted by Gasteiger charge is -2.29. The number of ether oxygens (including phenoxy) is 2. The molecular formula is C25H44N4O2. The molecule has 0 fully saturated rings. The van der Waals surface area contributed by atoms with E-state index >= 15 is 0 Å². The third kappa shape index (κ3) is 9.58. The molecule has 0 aromatic carbocycles. The van der Waals surface area contributed by atoms with Gasteiger partial charge in [-0.1, -0.05) is 12.6 Å². The quantitative estimate of drug-likeness (QED) is 0.360. The fourth-order valence-electron chi connectivity index (χ4n) is 3.83. The molecule has 2 atom stereocenters. The Labute approximate surface area is 189 Å². The largest absolute Gasteiger partial charge is 0.491 e. The second kappa shape index (κ2) is 12.4. The zero-order valence-electron chi connectivity index (χ0n) is 20.4. The van der Waals surface area contributed by atoms with Gasteiger partial charge in [0.2, 0.25) is 0 Å². The summed E-state index contributed by atoms with van der Waals surface area (Å²) < 4.78 is 11.3. The van der Waals surface area contributed by atoms with Gasteiger partial charge in [0, 0.05) is 32.4 Å². The standard InChI is InChI=1S/C25H44N4O2/c1-19(30-6)18-29(17-14-23(26)20(2)31-25(3,4)5)16-8-7-11-22-13-12-21-10-9-15-27-24(21)28-22/h12-13,19,23H,2,7-11,14-18,26H2,1,3-6H3,(H,27,28)/t19-,23?/m1/s1. The van der Waals surface area contributed by atoms with Gasteiger partial charge in [-0.15, -0.1) is 0 Å². The van der Waals surface area contributed by atoms with Crippen molar-refractivity contribution >= 4 is 5.82 Å². The van der Waals surface area contributed by atoms with Gasteiger partial charge in [-0.3, -0.25) is 0 Å². The first-order valence-corrected chi connectivity index (χ1v) is 11.8. The summed E-state index contributed by atoms with van der Waals surface area (Å²) in [4.78, 5) is 7.26. The zero-order chi connectivity index (χ0) is 22.9. The van der Waals surface area contributed by atoms with Gasteiger partial charge in [0.05, 0.1) is 12.1 Å². The molecular weight excluding hydrogens is 388 g/mol. The molecule has 0 bridgehead atoms. The molecule has 31 heavy (non-hydrogen) atoms. The molecule has 1 aromatic heterocycles. The van der Waals surface area contributed by atoms with Crippen molar-refractivity contribution in [1.29, 1.82) is 0 Å². The number of aryl methyl sites for hydroxylation is 2. The van der Waals surface area contributed by atoms with Gasteiger partial charge in [-0.25, -0.2) is 4.98 Å². The number of rotatable bonds is 13. The number of nitrogens with one attached hydrogen (secondary N) is 1. The van der Waals surface area contributed by atoms with Gasteiger partial charge in [-0.05, 0) is 84.4 Å². The van der Waals surface area contributed by atoms with Crippen molar-refractivity contribution in [3.05, 3.63) is 35.7 Å². The summed E-state index contributed by atoms with van der Waals surface area (Å²) in [5.41, 5.74) is 8.59. The fraction of sp³-hybridized carbons (Fsp3) is 0.720. The zero-order valence-corrected chi connectivity index (χ0v) is 20.4. The van der Waals surface area contributed by atoms with E-state index in [4.69, 9.17) is 20.2 Å². The molecule has 6 heteroatoms. The maximum atomic E-state index is 6.33. The van der Waals surface area contributed by atoms with E-state index in [1.54, 1.807) is 7.11 Å². The first kappa shape index (κ1) is 25.6. The maximum Gasteiger partial charge on any atom is 0.129 e. The molecule has 2 rings (SSSR count). The number of hydrogen-bond acceptors (Lipinski definition) is 6. The van der Waals surface area contributed by atoms with Crippen LogP contribution in [0.15, 0.2) is 24.5 Å². The maximum absolute atomic E-state index is 6.33. The molecule has 0 amide bonds. The summed E-state index contributed by atoms with van der Waals surface area (Å²) in [6.07, 6.45) is 6.61. The number of fused-ring (bicyclic) bond motifs is 1. The highest BCUT2D eigenvalue weighted by molar-refractivity contribution is 5.46. The summed E-state index contributed by atoms with van der Waals surface area (Å²) >= 11 is 0. The molecule has 0 spiro atoms. The highest BCUT2D eigenvalue weighted by Crippen LogP contribution is 2.20. The summed E-state index contributed by atoms with van der Waals surface area (Å²) in [6.45, 7) is 16.1. The van der Waals surface area contributed by atoms with E-state index in [0.29, 0.717) is 5.76 Å². The molecule has 1 aromatic rings. The third-order valence-corrected chi connectivity index (χ3v) is 5.63. The van der Waals surface area contributed by atoms with Crippen LogP contribution in [0.4, 0.5) is 5.82 Å². The lowest BCUT2D eigenvalue weighted by Crippen LogP contribution is -2.37. The van der Waals surface area contributed by atoms with Crippen LogP contribution in [0, 0.1) is 0 Å². The summed E-state index contributed by atoms with van der Waals surface area (Å²) in [6, 6.07) is 4.27. The number of anilines is 1. The van der Waals surface area contributed by atoms with Crippen molar-refractivity contribution in [3.63, 3.8) is 0 Å². The molecule has 3 N–H and O–H groups in total. The number of aromatic nitrogens is 1. The summed E-state index contributed by atoms with van der Waals surface area (Å²) in [5, 5.41) is 3.43. The SMILES string of the molecule is C=C(OC(C)(C)C)C(N)CCN(CCCCc1ccc2c(n1)NCCC2)C[C@@H](C)OC. The first-order valence-electron chi connectivity index (χ1n) is 11.8. The van der Waals surface area contributed by atoms with Crippen molar-refractivity contribution in [3.8, 4) is 0 Å². The molecule has 176 valence electrons. The van der Waals surface area contributed by atoms with Gasteiger partial charge in [0.1, 0.15) is 17.2 Å². The van der Waals surface area contributed by atoms with Crippen molar-refractivity contribution in [2.24, 2.45) is 5.73 Å². The van der Waals surface area contributed by atoms with Crippen LogP contribution in [0.25, 0.3) is 0 Å². The van der Waals surface area contributed by atoms with Crippen LogP contribution in [0.2, 0.25) is 0 Å². The third-order valence-electron chi connectivity index (χ3n) is 5.63. The Hall–Kier alpha value is -1.63. The summed E-state index contributed by atoms with van der Waals surface area (Å²) in [5.74, 6) is 1.75. The Morgan fingerprint density at radius 2 is 2.06 bits per heavy atom. The molecule has 6 nitrogen and oxygen atoms in total. The Morgan fingerprint density at radius 3 is 2.77 bits per heavy atom. The van der Waals surface area contributed by atoms with Gasteiger partial charge >= 0.3 is 0 Å². The lowest BCUT2D eigenvalue weighted by molar-refractivity contribution is 0.0403. The predicted octanol–water partition coefficient (Wildman–Crippen LogP) is 4.15. The van der Waals surface area contributed by atoms with Crippen molar-refractivity contribution in [2.45, 2.75) is 84.0 Å². The highest BCUT2D eigenvalue weighted by atomic mass is 16.5. The van der Waals surface area contributed by atoms with Crippen LogP contribution in [0.5, 0.6) is 0 Å². The van der Waals surface area contributed by atoms with E-state index < -0.39 is 0 Å². The van der Waals surface area contributed by atoms with E-state index in [1.165, 1.54) is 17.7 Å². The lowest BCUT2D eigenvalue weighted by atomic mass is 10.1. The van der Waals surface area contributed by atoms with Crippen molar-refractivity contribution < 1.29 is 9.47 Å². The molecule has 0 radical (unpaired) electrons. The van der Waals surface area contributed by atoms with E-state index in [2.05, 4.69) is 35.9 Å². The summed E-state index contributed by atoms with van der Waals surface area (Å²) in [7, 11) is 1.77. The van der Waals surface area contributed by atoms with Crippen LogP contribution in [-0.4, -0.2) is 60.9 Å². The molecule has 0 aliphatic carbocycles. The van der Waals surface area contributed by atoms with E-state index in [9.17, 15) is 0 Å². The van der Waals surface area contributed by atoms with Crippen LogP contribution < -0.4 is 11.1 Å². The first-order chi connectivity index (χ1) is 14.7. The minimum atomic E-state index is -0.265. The number of nitrogens with two attached hydrogens (primary N) is 1. The average molecular weight is 433 g/mol. The molecule has 1 aliphatic heterocycles. The Kier molecular flexibility index (Phi) is 10.3. The van der Waals surface area contributed by atoms with Gasteiger partial charge in [-0.2, -0.15) is 0 Å². The monoisotopic (exact) mass is 432 g/mol. The number of pyridine rings is 1. The Morgan fingerprint density at radius 1 is 1.29 bits per heavy atom. The Balaban J connectivity index is 1.78. The Bertz CT molecular complexity index is 687. The van der Waals surface area contributed by atoms with E-state index in [1.807, 2.05) is 20.8 Å². The minimum Gasteiger partial charge on any atom is -0.491 e. The van der Waals surface area contributed by atoms with Gasteiger partial charge in [0.25, 0.3) is 0 Å². The van der Waals surface area contributed by atoms with E-state index in [0.717, 1.165) is 64.1 Å².